The Balaban J connectivity index is 3.01. The van der Waals surface area contributed by atoms with Gasteiger partial charge in [0.05, 0.1) is 0 Å². The third-order valence-corrected chi connectivity index (χ3v) is 3.81. The highest BCUT2D eigenvalue weighted by atomic mass is 127. The summed E-state index contributed by atoms with van der Waals surface area (Å²) in [6.45, 7) is 9.38. The van der Waals surface area contributed by atoms with Gasteiger partial charge in [0.15, 0.2) is 0 Å². The van der Waals surface area contributed by atoms with Crippen molar-refractivity contribution >= 4 is 28.6 Å². The van der Waals surface area contributed by atoms with Crippen LogP contribution in [0, 0.1) is 14.9 Å². The van der Waals surface area contributed by atoms with E-state index in [4.69, 9.17) is 5.11 Å². The first-order chi connectivity index (χ1) is 7.24. The van der Waals surface area contributed by atoms with Gasteiger partial charge in [-0.1, -0.05) is 27.7 Å². The highest BCUT2D eigenvalue weighted by Gasteiger charge is 2.25. The Morgan fingerprint density at radius 3 is 2.56 bits per heavy atom. The third kappa shape index (κ3) is 2.99. The first kappa shape index (κ1) is 13.5. The number of rotatable bonds is 4. The molecule has 0 atom stereocenters. The molecule has 0 saturated carbocycles. The Morgan fingerprint density at radius 2 is 2.12 bits per heavy atom. The lowest BCUT2D eigenvalue weighted by molar-refractivity contribution is 0.0680. The average Bonchev–Trinajstić information content (AvgIpc) is 2.45. The van der Waals surface area contributed by atoms with Gasteiger partial charge >= 0.3 is 5.97 Å². The first-order valence-corrected chi connectivity index (χ1v) is 6.41. The van der Waals surface area contributed by atoms with E-state index in [0.717, 1.165) is 10.1 Å². The number of hydrogen-bond donors (Lipinski definition) is 1. The normalized spacial score (nSPS) is 12.1. The van der Waals surface area contributed by atoms with Crippen LogP contribution in [0.4, 0.5) is 0 Å². The number of carboxylic acid groups (broad SMARTS) is 1. The fourth-order valence-electron chi connectivity index (χ4n) is 1.41. The summed E-state index contributed by atoms with van der Waals surface area (Å²) in [7, 11) is 0. The predicted octanol–water partition coefficient (Wildman–Crippen LogP) is 3.47. The van der Waals surface area contributed by atoms with Crippen molar-refractivity contribution in [2.24, 2.45) is 11.3 Å². The molecule has 1 aromatic heterocycles. The van der Waals surface area contributed by atoms with Crippen molar-refractivity contribution in [2.75, 3.05) is 0 Å². The van der Waals surface area contributed by atoms with Gasteiger partial charge in [0.2, 0.25) is 0 Å². The molecule has 16 heavy (non-hydrogen) atoms. The quantitative estimate of drug-likeness (QED) is 0.856. The molecular weight excluding hydrogens is 317 g/mol. The van der Waals surface area contributed by atoms with E-state index in [-0.39, 0.29) is 5.41 Å². The highest BCUT2D eigenvalue weighted by Crippen LogP contribution is 2.29. The molecule has 1 N–H and O–H groups in total. The van der Waals surface area contributed by atoms with E-state index >= 15 is 0 Å². The average molecular weight is 335 g/mol. The molecule has 0 aromatic carbocycles. The molecule has 0 spiro atoms. The number of carbonyl (C=O) groups is 1. The maximum Gasteiger partial charge on any atom is 0.352 e. The zero-order valence-corrected chi connectivity index (χ0v) is 12.3. The number of halogens is 1. The maximum absolute atomic E-state index is 11.1. The van der Waals surface area contributed by atoms with E-state index in [9.17, 15) is 4.79 Å². The van der Waals surface area contributed by atoms with Crippen molar-refractivity contribution in [3.63, 3.8) is 0 Å². The summed E-state index contributed by atoms with van der Waals surface area (Å²) in [5, 5.41) is 9.09. The summed E-state index contributed by atoms with van der Waals surface area (Å²) in [4.78, 5) is 11.1. The molecule has 0 unspecified atom stereocenters. The molecule has 1 rings (SSSR count). The summed E-state index contributed by atoms with van der Waals surface area (Å²) >= 11 is 2.14. The van der Waals surface area contributed by atoms with E-state index in [1.54, 1.807) is 6.07 Å². The molecule has 1 aromatic rings. The second-order valence-corrected chi connectivity index (χ2v) is 6.37. The lowest BCUT2D eigenvalue weighted by Crippen LogP contribution is -2.26. The van der Waals surface area contributed by atoms with Crippen molar-refractivity contribution < 1.29 is 9.90 Å². The minimum absolute atomic E-state index is 0.0896. The highest BCUT2D eigenvalue weighted by molar-refractivity contribution is 14.1. The first-order valence-electron chi connectivity index (χ1n) is 5.33. The van der Waals surface area contributed by atoms with Gasteiger partial charge < -0.3 is 9.67 Å². The lowest BCUT2D eigenvalue weighted by Gasteiger charge is -2.30. The second kappa shape index (κ2) is 4.77. The van der Waals surface area contributed by atoms with Crippen LogP contribution < -0.4 is 0 Å². The van der Waals surface area contributed by atoms with Crippen molar-refractivity contribution in [2.45, 2.75) is 34.2 Å². The van der Waals surface area contributed by atoms with Crippen LogP contribution in [-0.2, 0) is 6.54 Å². The fraction of sp³-hybridized carbons (Fsp3) is 0.583. The Labute approximate surface area is 110 Å². The zero-order chi connectivity index (χ0) is 12.5. The minimum atomic E-state index is -0.859. The molecule has 0 bridgehead atoms. The summed E-state index contributed by atoms with van der Waals surface area (Å²) < 4.78 is 2.80. The van der Waals surface area contributed by atoms with Crippen LogP contribution in [0.3, 0.4) is 0 Å². The van der Waals surface area contributed by atoms with Crippen LogP contribution in [0.15, 0.2) is 12.3 Å². The number of aromatic carboxylic acids is 1. The van der Waals surface area contributed by atoms with Crippen LogP contribution in [-0.4, -0.2) is 15.6 Å². The summed E-state index contributed by atoms with van der Waals surface area (Å²) in [5.41, 5.74) is 0.463. The number of nitrogens with zero attached hydrogens (tertiary/aromatic N) is 1. The lowest BCUT2D eigenvalue weighted by atomic mass is 9.81. The third-order valence-electron chi connectivity index (χ3n) is 3.22. The van der Waals surface area contributed by atoms with Crippen LogP contribution in [0.5, 0.6) is 0 Å². The van der Waals surface area contributed by atoms with Gasteiger partial charge in [-0.05, 0) is 40.0 Å². The second-order valence-electron chi connectivity index (χ2n) is 5.12. The monoisotopic (exact) mass is 335 g/mol. The van der Waals surface area contributed by atoms with E-state index in [1.807, 2.05) is 10.8 Å². The van der Waals surface area contributed by atoms with Gasteiger partial charge in [0.25, 0.3) is 0 Å². The van der Waals surface area contributed by atoms with Gasteiger partial charge in [-0.25, -0.2) is 4.79 Å². The number of hydrogen-bond acceptors (Lipinski definition) is 1. The molecule has 0 radical (unpaired) electrons. The molecule has 4 heteroatoms. The van der Waals surface area contributed by atoms with Crippen molar-refractivity contribution in [3.05, 3.63) is 21.5 Å². The summed E-state index contributed by atoms with van der Waals surface area (Å²) in [5.74, 6) is -0.350. The smallest absolute Gasteiger partial charge is 0.352 e. The molecule has 3 nitrogen and oxygen atoms in total. The summed E-state index contributed by atoms with van der Waals surface area (Å²) in [6.07, 6.45) is 1.90. The Morgan fingerprint density at radius 1 is 1.56 bits per heavy atom. The Bertz CT molecular complexity index is 394. The Kier molecular flexibility index (Phi) is 4.04. The van der Waals surface area contributed by atoms with E-state index < -0.39 is 5.97 Å². The zero-order valence-electron chi connectivity index (χ0n) is 10.1. The van der Waals surface area contributed by atoms with Crippen molar-refractivity contribution in [1.29, 1.82) is 0 Å². The van der Waals surface area contributed by atoms with E-state index in [1.165, 1.54) is 0 Å². The fourth-order valence-corrected chi connectivity index (χ4v) is 2.04. The van der Waals surface area contributed by atoms with Crippen molar-refractivity contribution in [3.8, 4) is 0 Å². The molecule has 0 aliphatic heterocycles. The predicted molar refractivity (Wildman–Crippen MR) is 72.7 cm³/mol. The van der Waals surface area contributed by atoms with Crippen LogP contribution in [0.1, 0.15) is 38.2 Å². The van der Waals surface area contributed by atoms with Crippen LogP contribution in [0.2, 0.25) is 0 Å². The molecule has 0 aliphatic rings. The number of carboxylic acids is 1. The van der Waals surface area contributed by atoms with Gasteiger partial charge in [-0.3, -0.25) is 0 Å². The molecule has 0 saturated heterocycles. The number of aromatic nitrogens is 1. The van der Waals surface area contributed by atoms with Crippen molar-refractivity contribution in [1.82, 2.24) is 4.57 Å². The topological polar surface area (TPSA) is 42.2 Å². The molecule has 0 fully saturated rings. The minimum Gasteiger partial charge on any atom is -0.477 e. The molecule has 0 aliphatic carbocycles. The van der Waals surface area contributed by atoms with E-state index in [2.05, 4.69) is 50.3 Å². The van der Waals surface area contributed by atoms with E-state index in [0.29, 0.717) is 11.6 Å². The van der Waals surface area contributed by atoms with Gasteiger partial charge in [0, 0.05) is 16.3 Å². The molecule has 0 amide bonds. The van der Waals surface area contributed by atoms with Gasteiger partial charge in [-0.2, -0.15) is 0 Å². The SMILES string of the molecule is CC(C)C(C)(C)Cn1cc(I)cc1C(=O)O. The maximum atomic E-state index is 11.1. The Hall–Kier alpha value is -0.520. The summed E-state index contributed by atoms with van der Waals surface area (Å²) in [6, 6.07) is 1.71. The standard InChI is InChI=1S/C12H18INO2/c1-8(2)12(3,4)7-14-6-9(13)5-10(14)11(15)16/h5-6,8H,7H2,1-4H3,(H,15,16). The molecular formula is C12H18INO2. The van der Waals surface area contributed by atoms with Crippen LogP contribution in [0.25, 0.3) is 0 Å². The van der Waals surface area contributed by atoms with Gasteiger partial charge in [0.1, 0.15) is 5.69 Å². The molecule has 90 valence electrons. The molecule has 1 heterocycles. The largest absolute Gasteiger partial charge is 0.477 e. The van der Waals surface area contributed by atoms with Crippen LogP contribution >= 0.6 is 22.6 Å². The van der Waals surface area contributed by atoms with Gasteiger partial charge in [-0.15, -0.1) is 0 Å².